The Balaban J connectivity index is 1.70. The quantitative estimate of drug-likeness (QED) is 0.562. The van der Waals surface area contributed by atoms with Crippen LogP contribution in [0, 0.1) is 0 Å². The molecule has 120 valence electrons. The van der Waals surface area contributed by atoms with Gasteiger partial charge in [0.05, 0.1) is 16.4 Å². The minimum absolute atomic E-state index is 0.411. The van der Waals surface area contributed by atoms with Crippen LogP contribution in [0.1, 0.15) is 0 Å². The third-order valence-electron chi connectivity index (χ3n) is 3.58. The summed E-state index contributed by atoms with van der Waals surface area (Å²) in [5.74, 6) is 0.411. The molecule has 3 heterocycles. The van der Waals surface area contributed by atoms with E-state index in [9.17, 15) is 4.21 Å². The highest BCUT2D eigenvalue weighted by Gasteiger charge is 2.09. The normalized spacial score (nSPS) is 12.5. The molecular weight excluding hydrogens is 340 g/mol. The molecule has 0 radical (unpaired) electrons. The highest BCUT2D eigenvalue weighted by molar-refractivity contribution is 7.83. The van der Waals surface area contributed by atoms with E-state index in [1.165, 1.54) is 0 Å². The zero-order valence-corrected chi connectivity index (χ0v) is 14.5. The van der Waals surface area contributed by atoms with Crippen molar-refractivity contribution in [1.29, 1.82) is 0 Å². The maximum Gasteiger partial charge on any atom is 0.126 e. The molecule has 4 aromatic rings. The first kappa shape index (κ1) is 15.2. The molecule has 1 aromatic carbocycles. The molecule has 5 nitrogen and oxygen atoms in total. The van der Waals surface area contributed by atoms with Crippen LogP contribution < -0.4 is 0 Å². The van der Waals surface area contributed by atoms with Crippen molar-refractivity contribution in [3.8, 4) is 21.7 Å². The van der Waals surface area contributed by atoms with Crippen LogP contribution >= 0.6 is 11.3 Å². The topological polar surface area (TPSA) is 60.7 Å². The van der Waals surface area contributed by atoms with E-state index in [2.05, 4.69) is 21.1 Å². The maximum absolute atomic E-state index is 11.3. The predicted octanol–water partition coefficient (Wildman–Crippen LogP) is 3.56. The molecule has 0 bridgehead atoms. The van der Waals surface area contributed by atoms with Gasteiger partial charge in [-0.2, -0.15) is 5.10 Å². The number of hydrogen-bond acceptors (Lipinski definition) is 5. The number of rotatable bonds is 4. The van der Waals surface area contributed by atoms with Crippen LogP contribution in [0.25, 0.3) is 31.9 Å². The molecule has 0 aliphatic rings. The van der Waals surface area contributed by atoms with Gasteiger partial charge >= 0.3 is 0 Å². The van der Waals surface area contributed by atoms with Gasteiger partial charge < -0.3 is 0 Å². The highest BCUT2D eigenvalue weighted by Crippen LogP contribution is 2.32. The van der Waals surface area contributed by atoms with Crippen molar-refractivity contribution in [2.75, 3.05) is 6.26 Å². The van der Waals surface area contributed by atoms with Crippen LogP contribution in [0.15, 0.2) is 55.1 Å². The van der Waals surface area contributed by atoms with E-state index >= 15 is 0 Å². The predicted molar refractivity (Wildman–Crippen MR) is 98.1 cm³/mol. The molecule has 0 saturated carbocycles. The lowest BCUT2D eigenvalue weighted by atomic mass is 10.1. The smallest absolute Gasteiger partial charge is 0.126 e. The van der Waals surface area contributed by atoms with Gasteiger partial charge in [-0.15, -0.1) is 11.3 Å². The number of hydrogen-bond donors (Lipinski definition) is 0. The minimum atomic E-state index is -0.913. The van der Waals surface area contributed by atoms with E-state index in [-0.39, 0.29) is 0 Å². The van der Waals surface area contributed by atoms with Gasteiger partial charge in [-0.05, 0) is 29.8 Å². The molecule has 1 unspecified atom stereocenters. The molecule has 0 aliphatic carbocycles. The summed E-state index contributed by atoms with van der Waals surface area (Å²) in [6.45, 7) is 0. The lowest BCUT2D eigenvalue weighted by Gasteiger charge is -1.97. The number of nitrogens with zero attached hydrogens (tertiary/aromatic N) is 4. The molecule has 4 rings (SSSR count). The van der Waals surface area contributed by atoms with Crippen molar-refractivity contribution in [3.63, 3.8) is 0 Å². The Hall–Kier alpha value is -2.38. The van der Waals surface area contributed by atoms with Gasteiger partial charge in [-0.1, -0.05) is 6.07 Å². The van der Waals surface area contributed by atoms with E-state index in [0.717, 1.165) is 31.9 Å². The second-order valence-corrected chi connectivity index (χ2v) is 7.85. The molecule has 0 amide bonds. The molecule has 24 heavy (non-hydrogen) atoms. The van der Waals surface area contributed by atoms with Crippen LogP contribution in [0.3, 0.4) is 0 Å². The average molecular weight is 354 g/mol. The molecule has 7 heteroatoms. The Labute approximate surface area is 145 Å². The molecule has 0 aliphatic heterocycles. The Kier molecular flexibility index (Phi) is 3.95. The summed E-state index contributed by atoms with van der Waals surface area (Å²) in [7, 11) is -0.913. The first-order chi connectivity index (χ1) is 11.7. The first-order valence-corrected chi connectivity index (χ1v) is 9.87. The summed E-state index contributed by atoms with van der Waals surface area (Å²) in [4.78, 5) is 8.83. The molecule has 1 atom stereocenters. The summed E-state index contributed by atoms with van der Waals surface area (Å²) in [6, 6.07) is 10.1. The van der Waals surface area contributed by atoms with E-state index in [4.69, 9.17) is 0 Å². The SMILES string of the molecule is CS(=O)Cn1cc(-c2ccc3nc(-c4cccnc4)sc3c2)cn1. The first-order valence-electron chi connectivity index (χ1n) is 7.33. The fourth-order valence-electron chi connectivity index (χ4n) is 2.49. The van der Waals surface area contributed by atoms with Gasteiger partial charge in [0.2, 0.25) is 0 Å². The largest absolute Gasteiger partial charge is 0.264 e. The van der Waals surface area contributed by atoms with E-state index < -0.39 is 10.8 Å². The number of benzene rings is 1. The molecule has 0 saturated heterocycles. The number of pyridine rings is 1. The Bertz CT molecular complexity index is 1020. The zero-order chi connectivity index (χ0) is 16.5. The molecule has 3 aromatic heterocycles. The fourth-order valence-corrected chi connectivity index (χ4v) is 4.00. The standard InChI is InChI=1S/C17H14N4OS2/c1-24(22)11-21-10-14(9-19-21)12-4-5-15-16(7-12)23-17(20-15)13-3-2-6-18-8-13/h2-10H,11H2,1H3. The van der Waals surface area contributed by atoms with Gasteiger partial charge in [0.1, 0.15) is 10.9 Å². The van der Waals surface area contributed by atoms with Crippen molar-refractivity contribution in [2.45, 2.75) is 5.88 Å². The summed E-state index contributed by atoms with van der Waals surface area (Å²) in [5, 5.41) is 5.23. The van der Waals surface area contributed by atoms with Crippen LogP contribution in [0.5, 0.6) is 0 Å². The van der Waals surface area contributed by atoms with E-state index in [1.807, 2.05) is 36.7 Å². The molecule has 0 spiro atoms. The molecular formula is C17H14N4OS2. The van der Waals surface area contributed by atoms with Crippen LogP contribution in [0.2, 0.25) is 0 Å². The Morgan fingerprint density at radius 3 is 2.88 bits per heavy atom. The van der Waals surface area contributed by atoms with Crippen molar-refractivity contribution in [1.82, 2.24) is 19.7 Å². The second kappa shape index (κ2) is 6.26. The summed E-state index contributed by atoms with van der Waals surface area (Å²) >= 11 is 1.65. The summed E-state index contributed by atoms with van der Waals surface area (Å²) in [6.07, 6.45) is 8.98. The summed E-state index contributed by atoms with van der Waals surface area (Å²) < 4.78 is 14.1. The van der Waals surface area contributed by atoms with Gasteiger partial charge in [0, 0.05) is 46.8 Å². The van der Waals surface area contributed by atoms with Crippen LogP contribution in [-0.4, -0.2) is 30.2 Å². The minimum Gasteiger partial charge on any atom is -0.264 e. The highest BCUT2D eigenvalue weighted by atomic mass is 32.2. The third-order valence-corrected chi connectivity index (χ3v) is 5.27. The molecule has 0 N–H and O–H groups in total. The maximum atomic E-state index is 11.3. The van der Waals surface area contributed by atoms with Crippen molar-refractivity contribution in [2.24, 2.45) is 0 Å². The van der Waals surface area contributed by atoms with E-state index in [1.54, 1.807) is 34.7 Å². The number of aromatic nitrogens is 4. The third kappa shape index (κ3) is 3.00. The van der Waals surface area contributed by atoms with Crippen molar-refractivity contribution in [3.05, 3.63) is 55.1 Å². The Morgan fingerprint density at radius 2 is 2.08 bits per heavy atom. The van der Waals surface area contributed by atoms with Crippen LogP contribution in [-0.2, 0) is 16.7 Å². The van der Waals surface area contributed by atoms with Gasteiger partial charge in [-0.25, -0.2) is 4.98 Å². The monoisotopic (exact) mass is 354 g/mol. The van der Waals surface area contributed by atoms with Gasteiger partial charge in [-0.3, -0.25) is 13.9 Å². The lowest BCUT2D eigenvalue weighted by Crippen LogP contribution is -2.02. The Morgan fingerprint density at radius 1 is 1.17 bits per heavy atom. The zero-order valence-electron chi connectivity index (χ0n) is 12.9. The average Bonchev–Trinajstić information content (AvgIpc) is 3.21. The van der Waals surface area contributed by atoms with Crippen molar-refractivity contribution >= 4 is 32.4 Å². The van der Waals surface area contributed by atoms with Crippen molar-refractivity contribution < 1.29 is 4.21 Å². The summed E-state index contributed by atoms with van der Waals surface area (Å²) in [5.41, 5.74) is 4.10. The number of fused-ring (bicyclic) bond motifs is 1. The van der Waals surface area contributed by atoms with Gasteiger partial charge in [0.15, 0.2) is 0 Å². The fraction of sp³-hybridized carbons (Fsp3) is 0.118. The van der Waals surface area contributed by atoms with Gasteiger partial charge in [0.25, 0.3) is 0 Å². The van der Waals surface area contributed by atoms with E-state index in [0.29, 0.717) is 5.88 Å². The number of thiazole rings is 1. The van der Waals surface area contributed by atoms with Crippen LogP contribution in [0.4, 0.5) is 0 Å². The second-order valence-electron chi connectivity index (χ2n) is 5.41. The molecule has 0 fully saturated rings. The lowest BCUT2D eigenvalue weighted by molar-refractivity contribution is 0.663.